The molecule has 312 valence electrons. The maximum atomic E-state index is 13.4. The fraction of sp³-hybridized carbons (Fsp3) is 0.200. The monoisotopic (exact) mass is 860 g/mol. The van der Waals surface area contributed by atoms with Crippen molar-refractivity contribution in [1.82, 2.24) is 30.4 Å². The number of furan rings is 2. The summed E-state index contributed by atoms with van der Waals surface area (Å²) in [6.07, 6.45) is 4.46. The number of aromatic amines is 2. The molecule has 60 heavy (non-hydrogen) atoms. The van der Waals surface area contributed by atoms with E-state index in [0.717, 1.165) is 12.5 Å². The van der Waals surface area contributed by atoms with E-state index in [1.807, 2.05) is 27.7 Å². The van der Waals surface area contributed by atoms with Crippen LogP contribution in [-0.2, 0) is 20.0 Å². The minimum Gasteiger partial charge on any atom is -0.489 e. The quantitative estimate of drug-likeness (QED) is 0.0910. The average Bonchev–Trinajstić information content (AvgIpc) is 3.98. The number of anilines is 2. The molecule has 0 aliphatic heterocycles. The summed E-state index contributed by atoms with van der Waals surface area (Å²) >= 11 is 0. The highest BCUT2D eigenvalue weighted by atomic mass is 32.2. The van der Waals surface area contributed by atoms with Gasteiger partial charge in [-0.05, 0) is 88.4 Å². The summed E-state index contributed by atoms with van der Waals surface area (Å²) in [4.78, 5) is 8.46. The van der Waals surface area contributed by atoms with Crippen LogP contribution < -0.4 is 18.9 Å². The van der Waals surface area contributed by atoms with Crippen LogP contribution in [0.2, 0.25) is 0 Å². The summed E-state index contributed by atoms with van der Waals surface area (Å²) in [6, 6.07) is 18.2. The molecule has 0 atom stereocenters. The molecule has 0 unspecified atom stereocenters. The summed E-state index contributed by atoms with van der Waals surface area (Å²) < 4.78 is 103. The Morgan fingerprint density at radius 1 is 0.600 bits per heavy atom. The van der Waals surface area contributed by atoms with Gasteiger partial charge in [0.1, 0.15) is 58.5 Å². The van der Waals surface area contributed by atoms with Crippen molar-refractivity contribution >= 4 is 53.4 Å². The van der Waals surface area contributed by atoms with Crippen molar-refractivity contribution in [2.45, 2.75) is 39.9 Å². The van der Waals surface area contributed by atoms with Crippen molar-refractivity contribution in [3.8, 4) is 56.9 Å². The molecule has 0 aliphatic carbocycles. The summed E-state index contributed by atoms with van der Waals surface area (Å²) in [7, 11) is -7.10. The number of hydrogen-bond donors (Lipinski definition) is 4. The predicted molar refractivity (Wildman–Crippen MR) is 222 cm³/mol. The number of nitrogens with zero attached hydrogens (tertiary/aromatic N) is 4. The number of ether oxygens (including phenoxy) is 2. The van der Waals surface area contributed by atoms with E-state index in [1.165, 1.54) is 36.9 Å². The highest BCUT2D eigenvalue weighted by Crippen LogP contribution is 2.45. The first-order valence-corrected chi connectivity index (χ1v) is 21.9. The van der Waals surface area contributed by atoms with Crippen LogP contribution >= 0.6 is 0 Å². The standard InChI is InChI=1S/2C20H19FN4O4S/c2*1-11(2)28-17-8-14-16(9-15(17)25-30(3,26)27)29-19(12-4-6-13(21)7-5-12)18(14)20-22-10-23-24-20/h2*4-11,25H,1-3H3,(H,22,23,24). The molecule has 4 aromatic heterocycles. The lowest BCUT2D eigenvalue weighted by Gasteiger charge is -2.15. The Balaban J connectivity index is 0.000000181. The second-order valence-electron chi connectivity index (χ2n) is 14.1. The van der Waals surface area contributed by atoms with Crippen molar-refractivity contribution in [2.24, 2.45) is 0 Å². The van der Waals surface area contributed by atoms with Gasteiger partial charge < -0.3 is 18.3 Å². The molecule has 0 bridgehead atoms. The summed E-state index contributed by atoms with van der Waals surface area (Å²) in [5.74, 6) is 1.72. The van der Waals surface area contributed by atoms with E-state index in [4.69, 9.17) is 18.3 Å². The molecular formula is C40H38F2N8O8S2. The zero-order valence-electron chi connectivity index (χ0n) is 32.9. The zero-order chi connectivity index (χ0) is 42.9. The minimum atomic E-state index is -3.55. The number of fused-ring (bicyclic) bond motifs is 2. The highest BCUT2D eigenvalue weighted by molar-refractivity contribution is 7.92. The third-order valence-electron chi connectivity index (χ3n) is 8.41. The number of benzene rings is 4. The number of sulfonamides is 2. The molecule has 0 saturated carbocycles. The van der Waals surface area contributed by atoms with Crippen LogP contribution in [0.1, 0.15) is 27.7 Å². The SMILES string of the molecule is CC(C)Oc1cc2c(-c3ncn[nH]3)c(-c3ccc(F)cc3)oc2cc1NS(C)(=O)=O.CC(C)Oc1cc2c(-c3ncn[nH]3)c(-c3ccc(F)cc3)oc2cc1NS(C)(=O)=O. The number of halogens is 2. The van der Waals surface area contributed by atoms with E-state index < -0.39 is 20.0 Å². The van der Waals surface area contributed by atoms with Gasteiger partial charge in [-0.1, -0.05) is 0 Å². The number of aromatic nitrogens is 6. The summed E-state index contributed by atoms with van der Waals surface area (Å²) in [5.41, 5.74) is 3.78. The van der Waals surface area contributed by atoms with Crippen LogP contribution in [-0.4, -0.2) is 71.9 Å². The van der Waals surface area contributed by atoms with Gasteiger partial charge in [-0.2, -0.15) is 10.2 Å². The molecule has 8 rings (SSSR count). The minimum absolute atomic E-state index is 0.195. The second kappa shape index (κ2) is 16.5. The van der Waals surface area contributed by atoms with Crippen molar-refractivity contribution in [3.05, 3.63) is 97.1 Å². The molecule has 20 heteroatoms. The molecule has 8 aromatic rings. The molecule has 0 saturated heterocycles. The molecule has 0 radical (unpaired) electrons. The number of rotatable bonds is 12. The Morgan fingerprint density at radius 3 is 1.27 bits per heavy atom. The van der Waals surface area contributed by atoms with Gasteiger partial charge >= 0.3 is 0 Å². The summed E-state index contributed by atoms with van der Waals surface area (Å²) in [5, 5.41) is 14.7. The number of hydrogen-bond acceptors (Lipinski definition) is 12. The zero-order valence-corrected chi connectivity index (χ0v) is 34.5. The van der Waals surface area contributed by atoms with Gasteiger partial charge in [0.05, 0.1) is 47.2 Å². The smallest absolute Gasteiger partial charge is 0.229 e. The van der Waals surface area contributed by atoms with Crippen LogP contribution in [0, 0.1) is 11.6 Å². The Labute approximate surface area is 342 Å². The first-order valence-electron chi connectivity index (χ1n) is 18.2. The third-order valence-corrected chi connectivity index (χ3v) is 9.59. The molecular weight excluding hydrogens is 823 g/mol. The molecule has 0 fully saturated rings. The van der Waals surface area contributed by atoms with Crippen LogP contribution in [0.25, 0.3) is 67.4 Å². The largest absolute Gasteiger partial charge is 0.489 e. The van der Waals surface area contributed by atoms with E-state index in [0.29, 0.717) is 78.9 Å². The molecule has 0 spiro atoms. The van der Waals surface area contributed by atoms with Crippen LogP contribution in [0.3, 0.4) is 0 Å². The highest BCUT2D eigenvalue weighted by Gasteiger charge is 2.25. The van der Waals surface area contributed by atoms with Gasteiger partial charge in [0.15, 0.2) is 11.6 Å². The topological polar surface area (TPSA) is 220 Å². The Morgan fingerprint density at radius 2 is 0.967 bits per heavy atom. The first kappa shape index (κ1) is 41.4. The summed E-state index contributed by atoms with van der Waals surface area (Å²) in [6.45, 7) is 7.35. The third kappa shape index (κ3) is 9.39. The Kier molecular flexibility index (Phi) is 11.3. The Bertz CT molecular complexity index is 2800. The van der Waals surface area contributed by atoms with Crippen LogP contribution in [0.5, 0.6) is 11.5 Å². The van der Waals surface area contributed by atoms with Gasteiger partial charge in [0, 0.05) is 34.0 Å². The fourth-order valence-electron chi connectivity index (χ4n) is 6.24. The lowest BCUT2D eigenvalue weighted by Crippen LogP contribution is -2.13. The van der Waals surface area contributed by atoms with Crippen molar-refractivity contribution in [3.63, 3.8) is 0 Å². The van der Waals surface area contributed by atoms with Gasteiger partial charge in [0.2, 0.25) is 20.0 Å². The maximum absolute atomic E-state index is 13.4. The fourth-order valence-corrected chi connectivity index (χ4v) is 7.36. The lowest BCUT2D eigenvalue weighted by atomic mass is 10.0. The number of nitrogens with one attached hydrogen (secondary N) is 4. The second-order valence-corrected chi connectivity index (χ2v) is 17.6. The van der Waals surface area contributed by atoms with Crippen LogP contribution in [0.4, 0.5) is 20.2 Å². The van der Waals surface area contributed by atoms with Crippen LogP contribution in [0.15, 0.2) is 94.3 Å². The van der Waals surface area contributed by atoms with E-state index in [1.54, 1.807) is 48.5 Å². The maximum Gasteiger partial charge on any atom is 0.229 e. The van der Waals surface area contributed by atoms with Crippen molar-refractivity contribution in [1.29, 1.82) is 0 Å². The van der Waals surface area contributed by atoms with Gasteiger partial charge in [-0.25, -0.2) is 35.6 Å². The van der Waals surface area contributed by atoms with E-state index in [-0.39, 0.29) is 35.2 Å². The van der Waals surface area contributed by atoms with Crippen molar-refractivity contribution in [2.75, 3.05) is 22.0 Å². The lowest BCUT2D eigenvalue weighted by molar-refractivity contribution is 0.244. The number of H-pyrrole nitrogens is 2. The molecule has 16 nitrogen and oxygen atoms in total. The van der Waals surface area contributed by atoms with Gasteiger partial charge in [0.25, 0.3) is 0 Å². The molecule has 0 aliphatic rings. The van der Waals surface area contributed by atoms with E-state index in [9.17, 15) is 25.6 Å². The van der Waals surface area contributed by atoms with Gasteiger partial charge in [-0.15, -0.1) is 0 Å². The Hall–Kier alpha value is -6.80. The normalized spacial score (nSPS) is 11.9. The first-order chi connectivity index (χ1) is 28.4. The predicted octanol–water partition coefficient (Wildman–Crippen LogP) is 8.37. The van der Waals surface area contributed by atoms with E-state index in [2.05, 4.69) is 39.8 Å². The van der Waals surface area contributed by atoms with Crippen molar-refractivity contribution < 1.29 is 43.9 Å². The molecule has 4 aromatic carbocycles. The molecule has 4 heterocycles. The van der Waals surface area contributed by atoms with E-state index >= 15 is 0 Å². The average molecular weight is 861 g/mol. The molecule has 4 N–H and O–H groups in total. The molecule has 0 amide bonds. The van der Waals surface area contributed by atoms with Gasteiger partial charge in [-0.3, -0.25) is 19.6 Å².